The smallest absolute Gasteiger partial charge is 0.241 e. The van der Waals surface area contributed by atoms with Crippen LogP contribution in [0.3, 0.4) is 0 Å². The quantitative estimate of drug-likeness (QED) is 0.804. The van der Waals surface area contributed by atoms with Crippen molar-refractivity contribution in [2.75, 3.05) is 37.6 Å². The summed E-state index contributed by atoms with van der Waals surface area (Å²) in [5, 5.41) is 0. The van der Waals surface area contributed by atoms with E-state index in [0.29, 0.717) is 11.4 Å². The van der Waals surface area contributed by atoms with Crippen LogP contribution in [0.1, 0.15) is 23.6 Å². The first-order valence-electron chi connectivity index (χ1n) is 9.75. The molecule has 1 saturated heterocycles. The summed E-state index contributed by atoms with van der Waals surface area (Å²) in [7, 11) is -3.54. The Morgan fingerprint density at radius 2 is 1.71 bits per heavy atom. The second kappa shape index (κ2) is 8.59. The molecule has 0 bridgehead atoms. The van der Waals surface area contributed by atoms with Gasteiger partial charge < -0.3 is 4.90 Å². The molecule has 1 N–H and O–H groups in total. The Morgan fingerprint density at radius 1 is 1.07 bits per heavy atom. The van der Waals surface area contributed by atoms with Gasteiger partial charge in [-0.2, -0.15) is 0 Å². The van der Waals surface area contributed by atoms with Crippen LogP contribution in [0.25, 0.3) is 0 Å². The Labute approximate surface area is 168 Å². The molecule has 1 aromatic heterocycles. The summed E-state index contributed by atoms with van der Waals surface area (Å²) in [4.78, 5) is 9.39. The van der Waals surface area contributed by atoms with Gasteiger partial charge in [0.25, 0.3) is 0 Å². The van der Waals surface area contributed by atoms with Crippen LogP contribution in [-0.4, -0.2) is 57.1 Å². The summed E-state index contributed by atoms with van der Waals surface area (Å²) in [5.41, 5.74) is 2.66. The number of aryl methyl sites for hydroxylation is 3. The number of pyridine rings is 1. The van der Waals surface area contributed by atoms with Crippen molar-refractivity contribution in [1.29, 1.82) is 0 Å². The highest BCUT2D eigenvalue weighted by molar-refractivity contribution is 7.89. The summed E-state index contributed by atoms with van der Waals surface area (Å²) in [6.07, 6.45) is 1.81. The van der Waals surface area contributed by atoms with E-state index in [4.69, 9.17) is 0 Å². The average Bonchev–Trinajstić information content (AvgIpc) is 2.61. The van der Waals surface area contributed by atoms with Gasteiger partial charge >= 0.3 is 0 Å². The monoisotopic (exact) mass is 402 g/mol. The molecule has 1 fully saturated rings. The Bertz CT molecular complexity index is 884. The second-order valence-electron chi connectivity index (χ2n) is 7.73. The van der Waals surface area contributed by atoms with Crippen molar-refractivity contribution in [3.05, 3.63) is 53.2 Å². The van der Waals surface area contributed by atoms with E-state index >= 15 is 0 Å². The van der Waals surface area contributed by atoms with Gasteiger partial charge in [-0.15, -0.1) is 0 Å². The molecule has 152 valence electrons. The highest BCUT2D eigenvalue weighted by Crippen LogP contribution is 2.22. The fourth-order valence-corrected chi connectivity index (χ4v) is 5.73. The molecule has 2 aromatic rings. The van der Waals surface area contributed by atoms with Crippen LogP contribution in [-0.2, 0) is 10.0 Å². The molecule has 2 heterocycles. The number of piperazine rings is 1. The van der Waals surface area contributed by atoms with Crippen molar-refractivity contribution in [3.8, 4) is 0 Å². The molecule has 1 aromatic carbocycles. The van der Waals surface area contributed by atoms with E-state index in [9.17, 15) is 8.42 Å². The number of rotatable bonds is 6. The molecule has 0 radical (unpaired) electrons. The van der Waals surface area contributed by atoms with E-state index in [1.807, 2.05) is 64.2 Å². The van der Waals surface area contributed by atoms with E-state index in [1.54, 1.807) is 0 Å². The molecule has 6 nitrogen and oxygen atoms in total. The minimum absolute atomic E-state index is 0.161. The van der Waals surface area contributed by atoms with E-state index < -0.39 is 10.0 Å². The zero-order valence-electron chi connectivity index (χ0n) is 17.1. The van der Waals surface area contributed by atoms with E-state index in [2.05, 4.69) is 19.5 Å². The van der Waals surface area contributed by atoms with Crippen LogP contribution in [0.15, 0.2) is 41.4 Å². The molecule has 1 atom stereocenters. The maximum atomic E-state index is 12.9. The third-order valence-electron chi connectivity index (χ3n) is 5.11. The van der Waals surface area contributed by atoms with Gasteiger partial charge in [-0.3, -0.25) is 4.90 Å². The predicted octanol–water partition coefficient (Wildman–Crippen LogP) is 2.50. The zero-order valence-corrected chi connectivity index (χ0v) is 18.0. The summed E-state index contributed by atoms with van der Waals surface area (Å²) in [6.45, 7) is 11.9. The lowest BCUT2D eigenvalue weighted by Gasteiger charge is -2.36. The van der Waals surface area contributed by atoms with E-state index in [-0.39, 0.29) is 6.04 Å². The number of anilines is 1. The number of hydrogen-bond acceptors (Lipinski definition) is 5. The molecule has 0 amide bonds. The largest absolute Gasteiger partial charge is 0.354 e. The summed E-state index contributed by atoms with van der Waals surface area (Å²) in [5.74, 6) is 1.00. The Hall–Kier alpha value is -1.96. The van der Waals surface area contributed by atoms with Crippen LogP contribution in [0.5, 0.6) is 0 Å². The minimum atomic E-state index is -3.54. The third kappa shape index (κ3) is 4.90. The van der Waals surface area contributed by atoms with Crippen LogP contribution in [0, 0.1) is 20.8 Å². The lowest BCUT2D eigenvalue weighted by atomic mass is 10.1. The van der Waals surface area contributed by atoms with Crippen LogP contribution < -0.4 is 9.62 Å². The van der Waals surface area contributed by atoms with Gasteiger partial charge in [0, 0.05) is 45.0 Å². The van der Waals surface area contributed by atoms with E-state index in [0.717, 1.165) is 48.7 Å². The van der Waals surface area contributed by atoms with Gasteiger partial charge in [-0.25, -0.2) is 18.1 Å². The number of sulfonamides is 1. The summed E-state index contributed by atoms with van der Waals surface area (Å²) in [6, 6.07) is 9.63. The highest BCUT2D eigenvalue weighted by Gasteiger charge is 2.24. The minimum Gasteiger partial charge on any atom is -0.354 e. The van der Waals surface area contributed by atoms with Gasteiger partial charge in [-0.05, 0) is 51.0 Å². The van der Waals surface area contributed by atoms with E-state index in [1.165, 1.54) is 0 Å². The maximum Gasteiger partial charge on any atom is 0.241 e. The van der Waals surface area contributed by atoms with Crippen molar-refractivity contribution < 1.29 is 8.42 Å². The fraction of sp³-hybridized carbons (Fsp3) is 0.476. The molecule has 0 saturated carbocycles. The molecule has 7 heteroatoms. The first-order chi connectivity index (χ1) is 13.3. The van der Waals surface area contributed by atoms with Crippen molar-refractivity contribution in [2.45, 2.75) is 38.6 Å². The van der Waals surface area contributed by atoms with Gasteiger partial charge in [0.15, 0.2) is 0 Å². The SMILES string of the molecule is Cc1cc(C)c(S(=O)(=O)NC(C)CN2CCN(c3ccccn3)CC2)c(C)c1. The Balaban J connectivity index is 1.58. The lowest BCUT2D eigenvalue weighted by Crippen LogP contribution is -2.51. The topological polar surface area (TPSA) is 65.5 Å². The number of benzene rings is 1. The Morgan fingerprint density at radius 3 is 2.29 bits per heavy atom. The van der Waals surface area contributed by atoms with Crippen LogP contribution in [0.4, 0.5) is 5.82 Å². The van der Waals surface area contributed by atoms with Gasteiger partial charge in [-0.1, -0.05) is 23.8 Å². The maximum absolute atomic E-state index is 12.9. The molecule has 0 spiro atoms. The summed E-state index contributed by atoms with van der Waals surface area (Å²) >= 11 is 0. The van der Waals surface area contributed by atoms with Crippen molar-refractivity contribution in [1.82, 2.24) is 14.6 Å². The molecule has 28 heavy (non-hydrogen) atoms. The molecule has 1 aliphatic rings. The zero-order chi connectivity index (χ0) is 20.3. The number of hydrogen-bond donors (Lipinski definition) is 1. The summed E-state index contributed by atoms with van der Waals surface area (Å²) < 4.78 is 28.7. The average molecular weight is 403 g/mol. The molecular weight excluding hydrogens is 372 g/mol. The van der Waals surface area contributed by atoms with Crippen LogP contribution >= 0.6 is 0 Å². The van der Waals surface area contributed by atoms with Gasteiger partial charge in [0.05, 0.1) is 4.90 Å². The molecule has 1 aliphatic heterocycles. The first kappa shape index (κ1) is 20.8. The Kier molecular flexibility index (Phi) is 6.37. The van der Waals surface area contributed by atoms with Crippen molar-refractivity contribution >= 4 is 15.8 Å². The number of nitrogens with one attached hydrogen (secondary N) is 1. The predicted molar refractivity (Wildman–Crippen MR) is 113 cm³/mol. The molecular formula is C21H30N4O2S. The highest BCUT2D eigenvalue weighted by atomic mass is 32.2. The first-order valence-corrected chi connectivity index (χ1v) is 11.2. The van der Waals surface area contributed by atoms with Crippen LogP contribution in [0.2, 0.25) is 0 Å². The number of aromatic nitrogens is 1. The molecule has 1 unspecified atom stereocenters. The number of nitrogens with zero attached hydrogens (tertiary/aromatic N) is 3. The molecule has 0 aliphatic carbocycles. The van der Waals surface area contributed by atoms with Gasteiger partial charge in [0.2, 0.25) is 10.0 Å². The second-order valence-corrected chi connectivity index (χ2v) is 9.38. The van der Waals surface area contributed by atoms with Crippen molar-refractivity contribution in [3.63, 3.8) is 0 Å². The van der Waals surface area contributed by atoms with Crippen molar-refractivity contribution in [2.24, 2.45) is 0 Å². The lowest BCUT2D eigenvalue weighted by molar-refractivity contribution is 0.241. The van der Waals surface area contributed by atoms with Gasteiger partial charge in [0.1, 0.15) is 5.82 Å². The standard InChI is InChI=1S/C21H30N4O2S/c1-16-13-17(2)21(18(3)14-16)28(26,27)23-19(4)15-24-9-11-25(12-10-24)20-7-5-6-8-22-20/h5-8,13-14,19,23H,9-12,15H2,1-4H3. The third-order valence-corrected chi connectivity index (χ3v) is 7.00. The normalized spacial score (nSPS) is 16.9. The molecule has 3 rings (SSSR count). The fourth-order valence-electron chi connectivity index (χ4n) is 4.04.